The van der Waals surface area contributed by atoms with Crippen LogP contribution in [-0.2, 0) is 17.9 Å². The highest BCUT2D eigenvalue weighted by Crippen LogP contribution is 2.21. The van der Waals surface area contributed by atoms with Crippen LogP contribution in [0.4, 0.5) is 0 Å². The Hall–Kier alpha value is -2.47. The first kappa shape index (κ1) is 16.4. The number of hydrogen-bond donors (Lipinski definition) is 1. The number of carbonyl (C=O) groups excluding carboxylic acids is 1. The van der Waals surface area contributed by atoms with Crippen LogP contribution in [0, 0.1) is 13.8 Å². The normalized spacial score (nSPS) is 10.9. The van der Waals surface area contributed by atoms with Crippen molar-refractivity contribution in [2.75, 3.05) is 0 Å². The lowest BCUT2D eigenvalue weighted by Crippen LogP contribution is -2.29. The van der Waals surface area contributed by atoms with Crippen LogP contribution in [-0.4, -0.2) is 15.5 Å². The van der Waals surface area contributed by atoms with Gasteiger partial charge in [-0.15, -0.1) is 11.3 Å². The summed E-state index contributed by atoms with van der Waals surface area (Å²) in [6, 6.07) is 10.1. The molecule has 3 rings (SSSR count). The number of thiophene rings is 1. The highest BCUT2D eigenvalue weighted by molar-refractivity contribution is 7.17. The molecule has 0 unspecified atom stereocenters. The molecule has 5 nitrogen and oxygen atoms in total. The number of fused-ring (bicyclic) bond motifs is 1. The van der Waals surface area contributed by atoms with Crippen LogP contribution in [0.15, 0.2) is 40.5 Å². The van der Waals surface area contributed by atoms with E-state index < -0.39 is 0 Å². The molecule has 0 radical (unpaired) electrons. The molecule has 0 spiro atoms. The van der Waals surface area contributed by atoms with E-state index in [2.05, 4.69) is 33.9 Å². The van der Waals surface area contributed by atoms with Crippen molar-refractivity contribution in [2.45, 2.75) is 33.4 Å². The first-order chi connectivity index (χ1) is 11.5. The van der Waals surface area contributed by atoms with E-state index in [0.717, 1.165) is 11.3 Å². The average Bonchev–Trinajstić information content (AvgIpc) is 2.99. The van der Waals surface area contributed by atoms with Gasteiger partial charge in [0.25, 0.3) is 0 Å². The highest BCUT2D eigenvalue weighted by Gasteiger charge is 2.07. The van der Waals surface area contributed by atoms with Crippen molar-refractivity contribution in [1.29, 1.82) is 0 Å². The molecule has 0 atom stereocenters. The van der Waals surface area contributed by atoms with Crippen molar-refractivity contribution < 1.29 is 4.79 Å². The molecule has 6 heteroatoms. The Morgan fingerprint density at radius 1 is 1.25 bits per heavy atom. The fourth-order valence-electron chi connectivity index (χ4n) is 2.68. The van der Waals surface area contributed by atoms with Gasteiger partial charge in [0, 0.05) is 35.6 Å². The van der Waals surface area contributed by atoms with Gasteiger partial charge in [-0.2, -0.15) is 4.98 Å². The smallest absolute Gasteiger partial charge is 0.347 e. The number of aryl methyl sites for hydroxylation is 2. The first-order valence-electron chi connectivity index (χ1n) is 7.81. The molecular formula is C18H19N3O2S. The third-order valence-electron chi connectivity index (χ3n) is 3.92. The number of carbonyl (C=O) groups is 1. The van der Waals surface area contributed by atoms with Crippen molar-refractivity contribution in [3.63, 3.8) is 0 Å². The van der Waals surface area contributed by atoms with Gasteiger partial charge in [-0.1, -0.05) is 6.07 Å². The van der Waals surface area contributed by atoms with Crippen LogP contribution in [0.1, 0.15) is 23.4 Å². The molecule has 24 heavy (non-hydrogen) atoms. The second kappa shape index (κ2) is 6.97. The maximum atomic E-state index is 12.0. The number of hydrogen-bond acceptors (Lipinski definition) is 4. The van der Waals surface area contributed by atoms with Gasteiger partial charge >= 0.3 is 5.69 Å². The van der Waals surface area contributed by atoms with E-state index in [4.69, 9.17) is 0 Å². The molecule has 2 heterocycles. The summed E-state index contributed by atoms with van der Waals surface area (Å²) in [7, 11) is 0. The monoisotopic (exact) mass is 341 g/mol. The van der Waals surface area contributed by atoms with Crippen LogP contribution in [0.3, 0.4) is 0 Å². The Morgan fingerprint density at radius 2 is 2.08 bits per heavy atom. The molecule has 1 amide bonds. The molecule has 1 N–H and O–H groups in total. The molecule has 0 saturated carbocycles. The topological polar surface area (TPSA) is 64.0 Å². The predicted octanol–water partition coefficient (Wildman–Crippen LogP) is 2.78. The summed E-state index contributed by atoms with van der Waals surface area (Å²) in [5.41, 5.74) is 2.29. The molecule has 2 aromatic heterocycles. The number of nitrogens with zero attached hydrogens (tertiary/aromatic N) is 2. The van der Waals surface area contributed by atoms with Crippen LogP contribution in [0.25, 0.3) is 10.1 Å². The fraction of sp³-hybridized carbons (Fsp3) is 0.278. The van der Waals surface area contributed by atoms with Gasteiger partial charge in [0.15, 0.2) is 0 Å². The van der Waals surface area contributed by atoms with Crippen LogP contribution in [0.5, 0.6) is 0 Å². The molecular weight excluding hydrogens is 322 g/mol. The molecule has 0 bridgehead atoms. The summed E-state index contributed by atoms with van der Waals surface area (Å²) in [6.45, 7) is 4.47. The predicted molar refractivity (Wildman–Crippen MR) is 96.3 cm³/mol. The lowest BCUT2D eigenvalue weighted by Gasteiger charge is -2.10. The largest absolute Gasteiger partial charge is 0.352 e. The molecule has 0 aliphatic rings. The Balaban J connectivity index is 1.57. The Kier molecular flexibility index (Phi) is 4.76. The highest BCUT2D eigenvalue weighted by atomic mass is 32.1. The lowest BCUT2D eigenvalue weighted by molar-refractivity contribution is -0.121. The fourth-order valence-corrected chi connectivity index (χ4v) is 3.45. The van der Waals surface area contributed by atoms with Crippen LogP contribution >= 0.6 is 11.3 Å². The number of rotatable bonds is 5. The maximum absolute atomic E-state index is 12.0. The summed E-state index contributed by atoms with van der Waals surface area (Å²) < 4.78 is 2.77. The molecule has 0 aliphatic carbocycles. The molecule has 0 fully saturated rings. The first-order valence-corrected chi connectivity index (χ1v) is 8.69. The molecule has 1 aromatic carbocycles. The van der Waals surface area contributed by atoms with Crippen LogP contribution in [0.2, 0.25) is 0 Å². The summed E-state index contributed by atoms with van der Waals surface area (Å²) in [5.74, 6) is -0.0766. The minimum Gasteiger partial charge on any atom is -0.352 e. The summed E-state index contributed by atoms with van der Waals surface area (Å²) >= 11 is 1.70. The molecule has 3 aromatic rings. The minimum atomic E-state index is -0.303. The molecule has 124 valence electrons. The van der Waals surface area contributed by atoms with Crippen molar-refractivity contribution in [3.8, 4) is 0 Å². The second-order valence-electron chi connectivity index (χ2n) is 5.79. The van der Waals surface area contributed by atoms with Gasteiger partial charge in [-0.25, -0.2) is 4.79 Å². The molecule has 0 saturated heterocycles. The van der Waals surface area contributed by atoms with Gasteiger partial charge in [-0.05, 0) is 54.4 Å². The zero-order valence-corrected chi connectivity index (χ0v) is 14.5. The van der Waals surface area contributed by atoms with Crippen molar-refractivity contribution in [2.24, 2.45) is 0 Å². The number of benzene rings is 1. The standard InChI is InChI=1S/C18H19N3O2S/c1-12-9-13(2)21(18(23)20-12)7-5-17(22)19-11-14-3-4-16-15(10-14)6-8-24-16/h3-4,6,8-10H,5,7,11H2,1-2H3,(H,19,22). The van der Waals surface area contributed by atoms with E-state index in [1.54, 1.807) is 18.3 Å². The van der Waals surface area contributed by atoms with E-state index in [-0.39, 0.29) is 18.0 Å². The summed E-state index contributed by atoms with van der Waals surface area (Å²) in [4.78, 5) is 27.8. The molecule has 0 aliphatic heterocycles. The Labute approximate surface area is 144 Å². The van der Waals surface area contributed by atoms with Crippen molar-refractivity contribution in [1.82, 2.24) is 14.9 Å². The SMILES string of the molecule is Cc1cc(C)n(CCC(=O)NCc2ccc3sccc3c2)c(=O)n1. The van der Waals surface area contributed by atoms with Gasteiger partial charge in [0.05, 0.1) is 0 Å². The summed E-state index contributed by atoms with van der Waals surface area (Å²) in [5, 5.41) is 6.16. The zero-order chi connectivity index (χ0) is 17.1. The second-order valence-corrected chi connectivity index (χ2v) is 6.74. The maximum Gasteiger partial charge on any atom is 0.347 e. The third kappa shape index (κ3) is 3.71. The number of aromatic nitrogens is 2. The minimum absolute atomic E-state index is 0.0766. The van der Waals surface area contributed by atoms with E-state index in [9.17, 15) is 9.59 Å². The zero-order valence-electron chi connectivity index (χ0n) is 13.7. The van der Waals surface area contributed by atoms with Gasteiger partial charge < -0.3 is 5.32 Å². The Morgan fingerprint density at radius 3 is 2.88 bits per heavy atom. The lowest BCUT2D eigenvalue weighted by atomic mass is 10.1. The van der Waals surface area contributed by atoms with E-state index >= 15 is 0 Å². The van der Waals surface area contributed by atoms with Gasteiger partial charge in [0.1, 0.15) is 0 Å². The Bertz CT molecular complexity index is 943. The average molecular weight is 341 g/mol. The van der Waals surface area contributed by atoms with Gasteiger partial charge in [-0.3, -0.25) is 9.36 Å². The van der Waals surface area contributed by atoms with E-state index in [1.807, 2.05) is 19.1 Å². The van der Waals surface area contributed by atoms with Crippen molar-refractivity contribution >= 4 is 27.3 Å². The van der Waals surface area contributed by atoms with Gasteiger partial charge in [0.2, 0.25) is 5.91 Å². The van der Waals surface area contributed by atoms with Crippen LogP contribution < -0.4 is 11.0 Å². The summed E-state index contributed by atoms with van der Waals surface area (Å²) in [6.07, 6.45) is 0.256. The third-order valence-corrected chi connectivity index (χ3v) is 4.81. The van der Waals surface area contributed by atoms with E-state index in [1.165, 1.54) is 14.7 Å². The van der Waals surface area contributed by atoms with Crippen molar-refractivity contribution in [3.05, 3.63) is 63.1 Å². The quantitative estimate of drug-likeness (QED) is 0.776. The number of nitrogens with one attached hydrogen (secondary N) is 1. The number of amides is 1. The van der Waals surface area contributed by atoms with E-state index in [0.29, 0.717) is 18.8 Å².